The molecule has 0 radical (unpaired) electrons. The van der Waals surface area contributed by atoms with Crippen LogP contribution in [0.4, 0.5) is 5.69 Å². The first-order valence-electron chi connectivity index (χ1n) is 10.1. The predicted molar refractivity (Wildman–Crippen MR) is 125 cm³/mol. The summed E-state index contributed by atoms with van der Waals surface area (Å²) in [7, 11) is -0.872. The van der Waals surface area contributed by atoms with Crippen LogP contribution in [0, 0.1) is 5.92 Å². The lowest BCUT2D eigenvalue weighted by molar-refractivity contribution is -0.135. The Morgan fingerprint density at radius 2 is 1.69 bits per heavy atom. The van der Waals surface area contributed by atoms with E-state index in [1.165, 1.54) is 18.0 Å². The van der Waals surface area contributed by atoms with Gasteiger partial charge >= 0.3 is 0 Å². The summed E-state index contributed by atoms with van der Waals surface area (Å²) in [5.74, 6) is -0.569. The van der Waals surface area contributed by atoms with E-state index in [1.54, 1.807) is 69.5 Å². The minimum atomic E-state index is -3.88. The van der Waals surface area contributed by atoms with Crippen molar-refractivity contribution in [1.29, 1.82) is 0 Å². The maximum Gasteiger partial charge on any atom is 0.243 e. The third-order valence-electron chi connectivity index (χ3n) is 4.59. The van der Waals surface area contributed by atoms with Crippen LogP contribution in [0.25, 0.3) is 6.08 Å². The number of methoxy groups -OCH3 is 1. The maximum absolute atomic E-state index is 12.9. The topological polar surface area (TPSA) is 105 Å². The van der Waals surface area contributed by atoms with Crippen LogP contribution in [0.15, 0.2) is 60.0 Å². The zero-order chi connectivity index (χ0) is 23.7. The van der Waals surface area contributed by atoms with E-state index in [0.717, 1.165) is 11.0 Å². The summed E-state index contributed by atoms with van der Waals surface area (Å²) in [6.45, 7) is 3.24. The van der Waals surface area contributed by atoms with Crippen LogP contribution >= 0.6 is 0 Å². The highest BCUT2D eigenvalue weighted by Crippen LogP contribution is 2.15. The van der Waals surface area contributed by atoms with Gasteiger partial charge in [0.1, 0.15) is 11.8 Å². The van der Waals surface area contributed by atoms with Gasteiger partial charge in [0.15, 0.2) is 0 Å². The van der Waals surface area contributed by atoms with Crippen molar-refractivity contribution in [3.05, 3.63) is 65.6 Å². The summed E-state index contributed by atoms with van der Waals surface area (Å²) in [6, 6.07) is 14.7. The van der Waals surface area contributed by atoms with Crippen LogP contribution in [0.5, 0.6) is 5.75 Å². The Hall–Kier alpha value is -3.17. The number of ether oxygens (including phenoxy) is 1. The number of anilines is 1. The summed E-state index contributed by atoms with van der Waals surface area (Å²) in [4.78, 5) is 26.4. The van der Waals surface area contributed by atoms with Gasteiger partial charge in [0, 0.05) is 18.1 Å². The quantitative estimate of drug-likeness (QED) is 0.568. The molecule has 0 saturated carbocycles. The van der Waals surface area contributed by atoms with Gasteiger partial charge in [0.05, 0.1) is 13.7 Å². The van der Waals surface area contributed by atoms with Gasteiger partial charge in [-0.25, -0.2) is 8.42 Å². The number of carbonyl (C=O) groups excluding carboxylic acids is 2. The van der Waals surface area contributed by atoms with Crippen LogP contribution < -0.4 is 14.8 Å². The van der Waals surface area contributed by atoms with Crippen LogP contribution in [-0.2, 0) is 19.6 Å². The zero-order valence-electron chi connectivity index (χ0n) is 18.6. The van der Waals surface area contributed by atoms with Crippen molar-refractivity contribution in [3.8, 4) is 5.75 Å². The smallest absolute Gasteiger partial charge is 0.243 e. The normalized spacial score (nSPS) is 12.5. The van der Waals surface area contributed by atoms with Crippen molar-refractivity contribution in [2.24, 2.45) is 5.92 Å². The van der Waals surface area contributed by atoms with Crippen molar-refractivity contribution < 1.29 is 22.7 Å². The van der Waals surface area contributed by atoms with Gasteiger partial charge < -0.3 is 15.0 Å². The van der Waals surface area contributed by atoms with Crippen LogP contribution in [-0.4, -0.2) is 51.9 Å². The molecule has 0 aliphatic rings. The number of rotatable bonds is 10. The molecule has 1 unspecified atom stereocenters. The molecule has 0 saturated heterocycles. The summed E-state index contributed by atoms with van der Waals surface area (Å²) in [6.07, 6.45) is 1.45. The largest absolute Gasteiger partial charge is 0.497 e. The van der Waals surface area contributed by atoms with Crippen molar-refractivity contribution in [2.75, 3.05) is 26.0 Å². The van der Waals surface area contributed by atoms with Gasteiger partial charge in [-0.15, -0.1) is 0 Å². The maximum atomic E-state index is 12.9. The van der Waals surface area contributed by atoms with E-state index < -0.39 is 27.9 Å². The second-order valence-electron chi connectivity index (χ2n) is 7.57. The molecule has 0 spiro atoms. The second kappa shape index (κ2) is 11.4. The molecule has 0 aliphatic carbocycles. The second-order valence-corrected chi connectivity index (χ2v) is 9.17. The SMILES string of the molecule is COc1ccc(NC(=O)CN(C)C(=O)C(NS(=O)(=O)C=Cc2ccccc2)C(C)C)cc1. The van der Waals surface area contributed by atoms with E-state index >= 15 is 0 Å². The summed E-state index contributed by atoms with van der Waals surface area (Å²) in [5.41, 5.74) is 1.28. The fraction of sp³-hybridized carbons (Fsp3) is 0.304. The average molecular weight is 460 g/mol. The Balaban J connectivity index is 2.01. The van der Waals surface area contributed by atoms with Crippen LogP contribution in [0.3, 0.4) is 0 Å². The molecule has 172 valence electrons. The first-order valence-corrected chi connectivity index (χ1v) is 11.6. The fourth-order valence-electron chi connectivity index (χ4n) is 2.83. The number of amides is 2. The van der Waals surface area contributed by atoms with E-state index in [2.05, 4.69) is 10.0 Å². The number of likely N-dealkylation sites (N-methyl/N-ethyl adjacent to an activating group) is 1. The molecule has 2 aromatic rings. The monoisotopic (exact) mass is 459 g/mol. The molecule has 9 heteroatoms. The number of nitrogens with one attached hydrogen (secondary N) is 2. The number of sulfonamides is 1. The Bertz CT molecular complexity index is 1040. The summed E-state index contributed by atoms with van der Waals surface area (Å²) >= 11 is 0. The van der Waals surface area contributed by atoms with Crippen molar-refractivity contribution in [2.45, 2.75) is 19.9 Å². The molecular formula is C23H29N3O5S. The molecule has 0 heterocycles. The van der Waals surface area contributed by atoms with Crippen LogP contribution in [0.1, 0.15) is 19.4 Å². The molecule has 0 aromatic heterocycles. The lowest BCUT2D eigenvalue weighted by Gasteiger charge is -2.26. The fourth-order valence-corrected chi connectivity index (χ4v) is 3.97. The number of benzene rings is 2. The van der Waals surface area contributed by atoms with E-state index in [1.807, 2.05) is 6.07 Å². The standard InChI is InChI=1S/C23H29N3O5S/c1-17(2)22(25-32(29,30)15-14-18-8-6-5-7-9-18)23(28)26(3)16-21(27)24-19-10-12-20(31-4)13-11-19/h5-15,17,22,25H,16H2,1-4H3,(H,24,27). The first-order chi connectivity index (χ1) is 15.1. The highest BCUT2D eigenvalue weighted by atomic mass is 32.2. The zero-order valence-corrected chi connectivity index (χ0v) is 19.4. The Morgan fingerprint density at radius 1 is 1.06 bits per heavy atom. The van der Waals surface area contributed by atoms with Crippen LogP contribution in [0.2, 0.25) is 0 Å². The molecule has 2 rings (SSSR count). The third-order valence-corrected chi connectivity index (χ3v) is 5.67. The van der Waals surface area contributed by atoms with E-state index in [4.69, 9.17) is 4.74 Å². The molecule has 2 amide bonds. The van der Waals surface area contributed by atoms with Crippen molar-refractivity contribution in [1.82, 2.24) is 9.62 Å². The first kappa shape index (κ1) is 25.1. The van der Waals surface area contributed by atoms with Gasteiger partial charge in [0.2, 0.25) is 21.8 Å². The van der Waals surface area contributed by atoms with Crippen molar-refractivity contribution >= 4 is 33.6 Å². The molecule has 1 atom stereocenters. The number of carbonyl (C=O) groups is 2. The van der Waals surface area contributed by atoms with E-state index in [-0.39, 0.29) is 12.5 Å². The lowest BCUT2D eigenvalue weighted by atomic mass is 10.0. The third kappa shape index (κ3) is 7.82. The number of nitrogens with zero attached hydrogens (tertiary/aromatic N) is 1. The highest BCUT2D eigenvalue weighted by molar-refractivity contribution is 7.92. The molecule has 0 aliphatic heterocycles. The Labute approximate surface area is 189 Å². The summed E-state index contributed by atoms with van der Waals surface area (Å²) in [5, 5.41) is 3.72. The molecule has 2 N–H and O–H groups in total. The lowest BCUT2D eigenvalue weighted by Crippen LogP contribution is -2.51. The molecular weight excluding hydrogens is 430 g/mol. The molecule has 0 bridgehead atoms. The van der Waals surface area contributed by atoms with Gasteiger partial charge in [-0.1, -0.05) is 44.2 Å². The minimum Gasteiger partial charge on any atom is -0.497 e. The minimum absolute atomic E-state index is 0.227. The van der Waals surface area contributed by atoms with Gasteiger partial charge in [-0.2, -0.15) is 4.72 Å². The summed E-state index contributed by atoms with van der Waals surface area (Å²) < 4.78 is 32.5. The Morgan fingerprint density at radius 3 is 2.25 bits per heavy atom. The van der Waals surface area contributed by atoms with E-state index in [9.17, 15) is 18.0 Å². The van der Waals surface area contributed by atoms with E-state index in [0.29, 0.717) is 11.4 Å². The van der Waals surface area contributed by atoms with Crippen molar-refractivity contribution in [3.63, 3.8) is 0 Å². The predicted octanol–water partition coefficient (Wildman–Crippen LogP) is 2.71. The molecule has 2 aromatic carbocycles. The molecule has 0 fully saturated rings. The van der Waals surface area contributed by atoms with Gasteiger partial charge in [-0.05, 0) is 41.8 Å². The molecule has 32 heavy (non-hydrogen) atoms. The molecule has 8 nitrogen and oxygen atoms in total. The highest BCUT2D eigenvalue weighted by Gasteiger charge is 2.29. The number of hydrogen-bond donors (Lipinski definition) is 2. The number of hydrogen-bond acceptors (Lipinski definition) is 5. The van der Waals surface area contributed by atoms with Gasteiger partial charge in [-0.3, -0.25) is 9.59 Å². The van der Waals surface area contributed by atoms with Gasteiger partial charge in [0.25, 0.3) is 0 Å². The Kier molecular flexibility index (Phi) is 8.98. The average Bonchev–Trinajstić information content (AvgIpc) is 2.76.